The largest absolute Gasteiger partial charge is 0.329 e. The first-order chi connectivity index (χ1) is 15.3. The van der Waals surface area contributed by atoms with E-state index in [1.165, 1.54) is 5.48 Å². The van der Waals surface area contributed by atoms with Crippen LogP contribution in [0.15, 0.2) is 54.6 Å². The molecule has 2 atom stereocenters. The van der Waals surface area contributed by atoms with Crippen molar-refractivity contribution in [2.45, 2.75) is 45.2 Å². The Labute approximate surface area is 187 Å². The number of aryl methyl sites for hydroxylation is 1. The third kappa shape index (κ3) is 7.63. The van der Waals surface area contributed by atoms with Crippen LogP contribution >= 0.6 is 0 Å². The molecule has 4 N–H and O–H groups in total. The average Bonchev–Trinajstić information content (AvgIpc) is 2.80. The number of amides is 3. The number of carbonyl (C=O) groups is 4. The van der Waals surface area contributed by atoms with Crippen LogP contribution in [0.5, 0.6) is 0 Å². The van der Waals surface area contributed by atoms with Crippen LogP contribution in [0.4, 0.5) is 4.79 Å². The quantitative estimate of drug-likeness (QED) is 0.185. The van der Waals surface area contributed by atoms with E-state index in [1.807, 2.05) is 42.5 Å². The molecule has 8 heteroatoms. The maximum Gasteiger partial charge on any atom is 0.316 e. The minimum Gasteiger partial charge on any atom is -0.329 e. The molecule has 8 nitrogen and oxygen atoms in total. The van der Waals surface area contributed by atoms with Gasteiger partial charge in [0.25, 0.3) is 5.91 Å². The van der Waals surface area contributed by atoms with Crippen molar-refractivity contribution in [2.24, 2.45) is 5.92 Å². The van der Waals surface area contributed by atoms with Crippen LogP contribution < -0.4 is 16.1 Å². The minimum atomic E-state index is -0.937. The molecule has 0 aliphatic heterocycles. The summed E-state index contributed by atoms with van der Waals surface area (Å²) in [5.41, 5.74) is 4.01. The number of benzene rings is 2. The van der Waals surface area contributed by atoms with Crippen LogP contribution in [0.25, 0.3) is 0 Å². The molecule has 0 spiro atoms. The fourth-order valence-corrected chi connectivity index (χ4v) is 3.19. The zero-order valence-corrected chi connectivity index (χ0v) is 18.2. The molecule has 2 aromatic rings. The van der Waals surface area contributed by atoms with Gasteiger partial charge < -0.3 is 15.4 Å². The zero-order chi connectivity index (χ0) is 23.5. The Morgan fingerprint density at radius 3 is 2.16 bits per heavy atom. The maximum absolute atomic E-state index is 12.4. The van der Waals surface area contributed by atoms with Crippen LogP contribution in [0.3, 0.4) is 0 Å². The van der Waals surface area contributed by atoms with E-state index in [-0.39, 0.29) is 11.7 Å². The molecule has 0 unspecified atom stereocenters. The molecule has 0 bridgehead atoms. The molecule has 32 heavy (non-hydrogen) atoms. The molecule has 0 aromatic heterocycles. The van der Waals surface area contributed by atoms with Gasteiger partial charge in [0, 0.05) is 12.0 Å². The number of aldehydes is 1. The van der Waals surface area contributed by atoms with Crippen molar-refractivity contribution in [2.75, 3.05) is 0 Å². The number of ketones is 1. The van der Waals surface area contributed by atoms with E-state index >= 15 is 0 Å². The minimum absolute atomic E-state index is 0.0264. The number of urea groups is 1. The predicted molar refractivity (Wildman–Crippen MR) is 119 cm³/mol. The summed E-state index contributed by atoms with van der Waals surface area (Å²) < 4.78 is 0. The Hall–Kier alpha value is -3.52. The number of Topliss-reactive ketones (excluding diaryl/α,β-unsaturated/α-hetero) is 1. The lowest BCUT2D eigenvalue weighted by molar-refractivity contribution is -0.132. The lowest BCUT2D eigenvalue weighted by atomic mass is 10.00. The molecule has 0 aliphatic carbocycles. The Morgan fingerprint density at radius 2 is 1.59 bits per heavy atom. The molecule has 0 heterocycles. The molecular formula is C24H29N3O5. The third-order valence-electron chi connectivity index (χ3n) is 5.05. The summed E-state index contributed by atoms with van der Waals surface area (Å²) >= 11 is 0. The van der Waals surface area contributed by atoms with E-state index in [2.05, 4.69) is 10.6 Å². The lowest BCUT2D eigenvalue weighted by Crippen LogP contribution is -2.53. The summed E-state index contributed by atoms with van der Waals surface area (Å²) in [4.78, 5) is 47.6. The first-order valence-corrected chi connectivity index (χ1v) is 10.5. The second kappa shape index (κ2) is 12.4. The summed E-state index contributed by atoms with van der Waals surface area (Å²) in [5, 5.41) is 13.8. The van der Waals surface area contributed by atoms with Crippen molar-refractivity contribution >= 4 is 24.0 Å². The Bertz CT molecular complexity index is 913. The van der Waals surface area contributed by atoms with Crippen LogP contribution in [0, 0.1) is 5.92 Å². The van der Waals surface area contributed by atoms with Crippen molar-refractivity contribution < 1.29 is 24.4 Å². The van der Waals surface area contributed by atoms with Gasteiger partial charge in [0.15, 0.2) is 5.78 Å². The normalized spacial score (nSPS) is 12.5. The molecule has 2 aromatic carbocycles. The number of hydrogen-bond donors (Lipinski definition) is 4. The molecule has 0 aliphatic rings. The fraction of sp³-hybridized carbons (Fsp3) is 0.333. The summed E-state index contributed by atoms with van der Waals surface area (Å²) in [6.07, 6.45) is 1.83. The summed E-state index contributed by atoms with van der Waals surface area (Å²) in [6.45, 7) is 3.43. The van der Waals surface area contributed by atoms with Crippen molar-refractivity contribution in [1.29, 1.82) is 0 Å². The Morgan fingerprint density at radius 1 is 0.938 bits per heavy atom. The van der Waals surface area contributed by atoms with Gasteiger partial charge in [-0.05, 0) is 29.9 Å². The summed E-state index contributed by atoms with van der Waals surface area (Å²) in [6, 6.07) is 14.3. The van der Waals surface area contributed by atoms with E-state index in [1.54, 1.807) is 26.0 Å². The number of hydroxylamine groups is 1. The van der Waals surface area contributed by atoms with Gasteiger partial charge in [0.2, 0.25) is 0 Å². The van der Waals surface area contributed by atoms with E-state index in [4.69, 9.17) is 5.21 Å². The highest BCUT2D eigenvalue weighted by Crippen LogP contribution is 2.11. The van der Waals surface area contributed by atoms with Crippen LogP contribution in [-0.2, 0) is 22.4 Å². The highest BCUT2D eigenvalue weighted by Gasteiger charge is 2.24. The molecule has 2 rings (SSSR count). The number of nitrogens with one attached hydrogen (secondary N) is 3. The standard InChI is InChI=1S/C24H29N3O5/c1-16(2)22(23(30)27-32)26-24(31)25-20(15-28)13-10-17-8-11-19(12-9-17)21(29)14-18-6-4-3-5-7-18/h3-9,11-12,15-16,20,22,32H,10,13-14H2,1-2H3,(H,27,30)(H2,25,26,31)/t20-,22+/m0/s1. The first-order valence-electron chi connectivity index (χ1n) is 10.5. The highest BCUT2D eigenvalue weighted by molar-refractivity contribution is 5.97. The third-order valence-corrected chi connectivity index (χ3v) is 5.05. The lowest BCUT2D eigenvalue weighted by Gasteiger charge is -2.21. The van der Waals surface area contributed by atoms with Gasteiger partial charge in [-0.3, -0.25) is 14.8 Å². The van der Waals surface area contributed by atoms with Crippen LogP contribution in [0.2, 0.25) is 0 Å². The smallest absolute Gasteiger partial charge is 0.316 e. The first kappa shape index (κ1) is 24.7. The SMILES string of the molecule is CC(C)[C@@H](NC(=O)N[C@H](C=O)CCc1ccc(C(=O)Cc2ccccc2)cc1)C(=O)NO. The van der Waals surface area contributed by atoms with Gasteiger partial charge in [0.1, 0.15) is 12.3 Å². The number of rotatable bonds is 11. The second-order valence-corrected chi connectivity index (χ2v) is 7.88. The monoisotopic (exact) mass is 439 g/mol. The Balaban J connectivity index is 1.87. The molecule has 0 saturated heterocycles. The predicted octanol–water partition coefficient (Wildman–Crippen LogP) is 2.44. The van der Waals surface area contributed by atoms with Gasteiger partial charge in [0.05, 0.1) is 6.04 Å². The summed E-state index contributed by atoms with van der Waals surface area (Å²) in [7, 11) is 0. The molecule has 0 saturated carbocycles. The van der Waals surface area contributed by atoms with E-state index < -0.39 is 24.0 Å². The highest BCUT2D eigenvalue weighted by atomic mass is 16.5. The number of carbonyl (C=O) groups excluding carboxylic acids is 4. The second-order valence-electron chi connectivity index (χ2n) is 7.88. The average molecular weight is 440 g/mol. The van der Waals surface area contributed by atoms with Gasteiger partial charge in [-0.25, -0.2) is 10.3 Å². The molecule has 3 amide bonds. The van der Waals surface area contributed by atoms with Crippen molar-refractivity contribution in [3.8, 4) is 0 Å². The van der Waals surface area contributed by atoms with Crippen molar-refractivity contribution in [3.63, 3.8) is 0 Å². The van der Waals surface area contributed by atoms with Gasteiger partial charge >= 0.3 is 6.03 Å². The maximum atomic E-state index is 12.4. The molecule has 0 fully saturated rings. The van der Waals surface area contributed by atoms with Crippen LogP contribution in [0.1, 0.15) is 41.8 Å². The van der Waals surface area contributed by atoms with E-state index in [9.17, 15) is 19.2 Å². The van der Waals surface area contributed by atoms with Gasteiger partial charge in [-0.1, -0.05) is 68.4 Å². The van der Waals surface area contributed by atoms with Crippen molar-refractivity contribution in [1.82, 2.24) is 16.1 Å². The Kier molecular flexibility index (Phi) is 9.56. The topological polar surface area (TPSA) is 125 Å². The molecular weight excluding hydrogens is 410 g/mol. The van der Waals surface area contributed by atoms with Crippen LogP contribution in [-0.4, -0.2) is 41.3 Å². The van der Waals surface area contributed by atoms with Crippen molar-refractivity contribution in [3.05, 3.63) is 71.3 Å². The van der Waals surface area contributed by atoms with E-state index in [0.717, 1.165) is 11.1 Å². The molecule has 0 radical (unpaired) electrons. The van der Waals surface area contributed by atoms with Gasteiger partial charge in [-0.15, -0.1) is 0 Å². The summed E-state index contributed by atoms with van der Waals surface area (Å²) in [5.74, 6) is -0.969. The fourth-order valence-electron chi connectivity index (χ4n) is 3.19. The zero-order valence-electron chi connectivity index (χ0n) is 18.2. The van der Waals surface area contributed by atoms with E-state index in [0.29, 0.717) is 31.1 Å². The van der Waals surface area contributed by atoms with Gasteiger partial charge in [-0.2, -0.15) is 0 Å². The molecule has 170 valence electrons. The number of hydrogen-bond acceptors (Lipinski definition) is 5.